The van der Waals surface area contributed by atoms with Crippen molar-refractivity contribution >= 4 is 16.7 Å². The molecule has 1 saturated heterocycles. The van der Waals surface area contributed by atoms with Crippen LogP contribution in [0.25, 0.3) is 10.8 Å². The van der Waals surface area contributed by atoms with Crippen LogP contribution in [-0.2, 0) is 9.47 Å². The van der Waals surface area contributed by atoms with Crippen molar-refractivity contribution in [3.05, 3.63) is 48.0 Å². The van der Waals surface area contributed by atoms with Crippen molar-refractivity contribution in [3.8, 4) is 0 Å². The van der Waals surface area contributed by atoms with Gasteiger partial charge in [0.1, 0.15) is 6.10 Å². The van der Waals surface area contributed by atoms with E-state index in [4.69, 9.17) is 9.47 Å². The van der Waals surface area contributed by atoms with Gasteiger partial charge in [-0.3, -0.25) is 4.79 Å². The molecular weight excluding hydrogens is 302 g/mol. The Labute approximate surface area is 142 Å². The summed E-state index contributed by atoms with van der Waals surface area (Å²) in [7, 11) is 0. The van der Waals surface area contributed by atoms with Crippen molar-refractivity contribution < 1.29 is 14.3 Å². The largest absolute Gasteiger partial charge is 0.349 e. The maximum atomic E-state index is 12.4. The second-order valence-electron chi connectivity index (χ2n) is 6.79. The maximum Gasteiger partial charge on any atom is 0.251 e. The number of benzene rings is 2. The highest BCUT2D eigenvalue weighted by Gasteiger charge is 2.42. The van der Waals surface area contributed by atoms with Crippen LogP contribution in [0.2, 0.25) is 0 Å². The van der Waals surface area contributed by atoms with E-state index in [0.29, 0.717) is 18.7 Å². The molecule has 4 nitrogen and oxygen atoms in total. The molecule has 1 N–H and O–H groups in total. The van der Waals surface area contributed by atoms with Crippen LogP contribution in [0, 0.1) is 0 Å². The lowest BCUT2D eigenvalue weighted by molar-refractivity contribution is -0.186. The van der Waals surface area contributed by atoms with E-state index in [1.165, 1.54) is 6.42 Å². The number of hydrogen-bond acceptors (Lipinski definition) is 3. The predicted octanol–water partition coefficient (Wildman–Crippen LogP) is 3.65. The minimum atomic E-state index is -0.378. The van der Waals surface area contributed by atoms with Crippen LogP contribution in [0.1, 0.15) is 42.5 Å². The molecule has 1 heterocycles. The van der Waals surface area contributed by atoms with Gasteiger partial charge in [0.15, 0.2) is 5.79 Å². The monoisotopic (exact) mass is 325 g/mol. The van der Waals surface area contributed by atoms with Crippen LogP contribution in [0.5, 0.6) is 0 Å². The third-order valence-electron chi connectivity index (χ3n) is 5.03. The smallest absolute Gasteiger partial charge is 0.251 e. The van der Waals surface area contributed by atoms with Crippen LogP contribution < -0.4 is 5.32 Å². The van der Waals surface area contributed by atoms with Gasteiger partial charge in [0, 0.05) is 24.9 Å². The summed E-state index contributed by atoms with van der Waals surface area (Å²) in [4.78, 5) is 12.4. The molecule has 0 radical (unpaired) electrons. The summed E-state index contributed by atoms with van der Waals surface area (Å²) in [6.45, 7) is 1.06. The normalized spacial score (nSPS) is 22.8. The molecule has 0 unspecified atom stereocenters. The molecule has 2 aromatic rings. The van der Waals surface area contributed by atoms with Crippen LogP contribution in [0.4, 0.5) is 0 Å². The Hall–Kier alpha value is -1.91. The van der Waals surface area contributed by atoms with Crippen LogP contribution in [0.15, 0.2) is 42.5 Å². The zero-order valence-corrected chi connectivity index (χ0v) is 13.8. The van der Waals surface area contributed by atoms with Gasteiger partial charge >= 0.3 is 0 Å². The SMILES string of the molecule is O=C(NC[C@H]1COC2(CCCCC2)O1)c1ccc2ccccc2c1. The van der Waals surface area contributed by atoms with Gasteiger partial charge in [0.25, 0.3) is 5.91 Å². The number of ether oxygens (including phenoxy) is 2. The van der Waals surface area contributed by atoms with E-state index in [-0.39, 0.29) is 17.8 Å². The summed E-state index contributed by atoms with van der Waals surface area (Å²) >= 11 is 0. The summed E-state index contributed by atoms with van der Waals surface area (Å²) in [6, 6.07) is 13.8. The first-order valence-electron chi connectivity index (χ1n) is 8.83. The Morgan fingerprint density at radius 2 is 1.88 bits per heavy atom. The molecule has 2 aliphatic rings. The fraction of sp³-hybridized carbons (Fsp3) is 0.450. The zero-order valence-electron chi connectivity index (χ0n) is 13.8. The highest BCUT2D eigenvalue weighted by atomic mass is 16.7. The predicted molar refractivity (Wildman–Crippen MR) is 92.9 cm³/mol. The lowest BCUT2D eigenvalue weighted by atomic mass is 9.94. The number of fused-ring (bicyclic) bond motifs is 1. The molecule has 1 saturated carbocycles. The number of carbonyl (C=O) groups excluding carboxylic acids is 1. The number of hydrogen-bond donors (Lipinski definition) is 1. The molecule has 24 heavy (non-hydrogen) atoms. The third kappa shape index (κ3) is 3.17. The van der Waals surface area contributed by atoms with Gasteiger partial charge in [0.2, 0.25) is 0 Å². The van der Waals surface area contributed by atoms with E-state index >= 15 is 0 Å². The highest BCUT2D eigenvalue weighted by molar-refractivity contribution is 5.98. The number of amides is 1. The standard InChI is InChI=1S/C20H23NO3/c22-19(17-9-8-15-6-2-3-7-16(15)12-17)21-13-18-14-23-20(24-18)10-4-1-5-11-20/h2-3,6-9,12,18H,1,4-5,10-11,13-14H2,(H,21,22)/t18-/m0/s1. The minimum absolute atomic E-state index is 0.0486. The number of rotatable bonds is 3. The molecule has 4 heteroatoms. The molecule has 1 atom stereocenters. The first kappa shape index (κ1) is 15.6. The van der Waals surface area contributed by atoms with Gasteiger partial charge in [-0.25, -0.2) is 0 Å². The highest BCUT2D eigenvalue weighted by Crippen LogP contribution is 2.37. The summed E-state index contributed by atoms with van der Waals surface area (Å²) in [5.41, 5.74) is 0.681. The third-order valence-corrected chi connectivity index (χ3v) is 5.03. The molecular formula is C20H23NO3. The van der Waals surface area contributed by atoms with Gasteiger partial charge in [-0.05, 0) is 35.7 Å². The molecule has 126 valence electrons. The van der Waals surface area contributed by atoms with E-state index in [1.54, 1.807) is 0 Å². The molecule has 4 rings (SSSR count). The average molecular weight is 325 g/mol. The molecule has 0 aromatic heterocycles. The van der Waals surface area contributed by atoms with Crippen LogP contribution in [-0.4, -0.2) is 30.9 Å². The topological polar surface area (TPSA) is 47.6 Å². The lowest BCUT2D eigenvalue weighted by Crippen LogP contribution is -2.37. The summed E-state index contributed by atoms with van der Waals surface area (Å²) in [6.07, 6.45) is 5.49. The Bertz CT molecular complexity index is 736. The fourth-order valence-electron chi connectivity index (χ4n) is 3.71. The molecule has 2 fully saturated rings. The average Bonchev–Trinajstić information content (AvgIpc) is 3.02. The van der Waals surface area contributed by atoms with Crippen molar-refractivity contribution in [2.24, 2.45) is 0 Å². The van der Waals surface area contributed by atoms with E-state index in [1.807, 2.05) is 42.5 Å². The van der Waals surface area contributed by atoms with E-state index in [0.717, 1.165) is 36.5 Å². The first-order valence-corrected chi connectivity index (χ1v) is 8.83. The summed E-state index contributed by atoms with van der Waals surface area (Å²) in [5.74, 6) is -0.440. The van der Waals surface area contributed by atoms with Crippen molar-refractivity contribution in [1.82, 2.24) is 5.32 Å². The van der Waals surface area contributed by atoms with Gasteiger partial charge in [-0.15, -0.1) is 0 Å². The van der Waals surface area contributed by atoms with Crippen molar-refractivity contribution in [2.75, 3.05) is 13.2 Å². The fourth-order valence-corrected chi connectivity index (χ4v) is 3.71. The van der Waals surface area contributed by atoms with E-state index in [2.05, 4.69) is 5.32 Å². The molecule has 1 aliphatic carbocycles. The Morgan fingerprint density at radius 1 is 1.08 bits per heavy atom. The first-order chi connectivity index (χ1) is 11.7. The molecule has 1 aliphatic heterocycles. The molecule has 2 aromatic carbocycles. The van der Waals surface area contributed by atoms with Crippen molar-refractivity contribution in [1.29, 1.82) is 0 Å². The van der Waals surface area contributed by atoms with Gasteiger partial charge in [-0.1, -0.05) is 36.8 Å². The second kappa shape index (κ2) is 6.54. The Balaban J connectivity index is 1.36. The summed E-state index contributed by atoms with van der Waals surface area (Å²) < 4.78 is 12.0. The van der Waals surface area contributed by atoms with Gasteiger partial charge < -0.3 is 14.8 Å². The number of nitrogens with one attached hydrogen (secondary N) is 1. The van der Waals surface area contributed by atoms with Crippen LogP contribution in [0.3, 0.4) is 0 Å². The Morgan fingerprint density at radius 3 is 2.71 bits per heavy atom. The van der Waals surface area contributed by atoms with Crippen molar-refractivity contribution in [2.45, 2.75) is 44.0 Å². The van der Waals surface area contributed by atoms with Crippen molar-refractivity contribution in [3.63, 3.8) is 0 Å². The van der Waals surface area contributed by atoms with E-state index in [9.17, 15) is 4.79 Å². The zero-order chi connectivity index (χ0) is 16.4. The molecule has 0 bridgehead atoms. The maximum absolute atomic E-state index is 12.4. The lowest BCUT2D eigenvalue weighted by Gasteiger charge is -2.31. The Kier molecular flexibility index (Phi) is 4.25. The summed E-state index contributed by atoms with van der Waals surface area (Å²) in [5, 5.41) is 5.20. The quantitative estimate of drug-likeness (QED) is 0.937. The van der Waals surface area contributed by atoms with Crippen LogP contribution >= 0.6 is 0 Å². The molecule has 1 spiro atoms. The van der Waals surface area contributed by atoms with Gasteiger partial charge in [-0.2, -0.15) is 0 Å². The number of carbonyl (C=O) groups is 1. The molecule has 1 amide bonds. The minimum Gasteiger partial charge on any atom is -0.349 e. The van der Waals surface area contributed by atoms with Gasteiger partial charge in [0.05, 0.1) is 6.61 Å². The second-order valence-corrected chi connectivity index (χ2v) is 6.79. The van der Waals surface area contributed by atoms with E-state index < -0.39 is 0 Å².